The van der Waals surface area contributed by atoms with Gasteiger partial charge in [0.2, 0.25) is 5.91 Å². The minimum atomic E-state index is -4.64. The molecular formula is C21H21ClF3N3O2. The van der Waals surface area contributed by atoms with Crippen LogP contribution in [0, 0.1) is 5.92 Å². The Balaban J connectivity index is 1.59. The third-order valence-corrected chi connectivity index (χ3v) is 5.14. The Labute approximate surface area is 177 Å². The Morgan fingerprint density at radius 3 is 2.43 bits per heavy atom. The third kappa shape index (κ3) is 5.66. The highest BCUT2D eigenvalue weighted by Gasteiger charge is 2.35. The largest absolute Gasteiger partial charge is 0.417 e. The number of hydrogen-bond acceptors (Lipinski definition) is 2. The predicted octanol–water partition coefficient (Wildman–Crippen LogP) is 5.09. The standard InChI is InChI=1S/C21H21ClF3N3O2/c1-28(20(30)27-19(14-7-8-14)13-5-3-2-4-6-13)12-18(29)26-15-9-10-17(22)16(11-15)21(23,24)25/h2-6,9-11,14,19H,7-8,12H2,1H3,(H,26,29)(H,27,30)/t19-/m1/s1. The number of carbonyl (C=O) groups excluding carboxylic acids is 2. The molecule has 0 aromatic heterocycles. The molecule has 1 saturated carbocycles. The second-order valence-electron chi connectivity index (χ2n) is 7.27. The van der Waals surface area contributed by atoms with Crippen LogP contribution in [-0.2, 0) is 11.0 Å². The molecule has 3 rings (SSSR count). The monoisotopic (exact) mass is 439 g/mol. The highest BCUT2D eigenvalue weighted by Crippen LogP contribution is 2.41. The van der Waals surface area contributed by atoms with Crippen molar-refractivity contribution in [2.75, 3.05) is 18.9 Å². The van der Waals surface area contributed by atoms with Gasteiger partial charge in [-0.05, 0) is 42.5 Å². The van der Waals surface area contributed by atoms with Gasteiger partial charge in [-0.25, -0.2) is 4.79 Å². The number of carbonyl (C=O) groups is 2. The molecule has 0 heterocycles. The van der Waals surface area contributed by atoms with E-state index in [0.717, 1.165) is 30.5 Å². The van der Waals surface area contributed by atoms with Crippen LogP contribution in [0.3, 0.4) is 0 Å². The van der Waals surface area contributed by atoms with Crippen LogP contribution < -0.4 is 10.6 Å². The summed E-state index contributed by atoms with van der Waals surface area (Å²) in [6, 6.07) is 12.1. The summed E-state index contributed by atoms with van der Waals surface area (Å²) in [6.07, 6.45) is -2.60. The summed E-state index contributed by atoms with van der Waals surface area (Å²) in [6.45, 7) is -0.317. The fourth-order valence-electron chi connectivity index (χ4n) is 3.11. The van der Waals surface area contributed by atoms with Crippen molar-refractivity contribution in [1.82, 2.24) is 10.2 Å². The number of alkyl halides is 3. The zero-order valence-electron chi connectivity index (χ0n) is 16.2. The van der Waals surface area contributed by atoms with Crippen molar-refractivity contribution in [2.45, 2.75) is 25.1 Å². The van der Waals surface area contributed by atoms with Gasteiger partial charge in [0.25, 0.3) is 0 Å². The van der Waals surface area contributed by atoms with Crippen molar-refractivity contribution in [2.24, 2.45) is 5.92 Å². The predicted molar refractivity (Wildman–Crippen MR) is 108 cm³/mol. The maximum absolute atomic E-state index is 13.0. The lowest BCUT2D eigenvalue weighted by molar-refractivity contribution is -0.137. The van der Waals surface area contributed by atoms with Crippen molar-refractivity contribution >= 4 is 29.2 Å². The fourth-order valence-corrected chi connectivity index (χ4v) is 3.34. The maximum Gasteiger partial charge on any atom is 0.417 e. The van der Waals surface area contributed by atoms with Crippen LogP contribution >= 0.6 is 11.6 Å². The van der Waals surface area contributed by atoms with Gasteiger partial charge >= 0.3 is 12.2 Å². The first-order chi connectivity index (χ1) is 14.1. The molecule has 1 fully saturated rings. The molecule has 30 heavy (non-hydrogen) atoms. The molecule has 2 aromatic rings. The second kappa shape index (κ2) is 8.95. The quantitative estimate of drug-likeness (QED) is 0.658. The molecule has 1 aliphatic carbocycles. The molecular weight excluding hydrogens is 419 g/mol. The van der Waals surface area contributed by atoms with Gasteiger partial charge in [0.15, 0.2) is 0 Å². The summed E-state index contributed by atoms with van der Waals surface area (Å²) >= 11 is 5.58. The molecule has 160 valence electrons. The van der Waals surface area contributed by atoms with Gasteiger partial charge in [-0.3, -0.25) is 4.79 Å². The highest BCUT2D eigenvalue weighted by molar-refractivity contribution is 6.31. The normalized spacial score (nSPS) is 14.7. The number of nitrogens with one attached hydrogen (secondary N) is 2. The molecule has 5 nitrogen and oxygen atoms in total. The number of hydrogen-bond donors (Lipinski definition) is 2. The number of amides is 3. The van der Waals surface area contributed by atoms with E-state index < -0.39 is 28.7 Å². The van der Waals surface area contributed by atoms with Crippen LogP contribution in [0.25, 0.3) is 0 Å². The Morgan fingerprint density at radius 1 is 1.17 bits per heavy atom. The van der Waals surface area contributed by atoms with E-state index >= 15 is 0 Å². The number of urea groups is 1. The first-order valence-electron chi connectivity index (χ1n) is 9.38. The van der Waals surface area contributed by atoms with E-state index in [-0.39, 0.29) is 18.3 Å². The number of likely N-dealkylation sites (N-methyl/N-ethyl adjacent to an activating group) is 1. The van der Waals surface area contributed by atoms with E-state index in [2.05, 4.69) is 10.6 Å². The summed E-state index contributed by atoms with van der Waals surface area (Å²) in [5, 5.41) is 4.86. The van der Waals surface area contributed by atoms with Crippen LogP contribution in [-0.4, -0.2) is 30.4 Å². The SMILES string of the molecule is CN(CC(=O)Nc1ccc(Cl)c(C(F)(F)F)c1)C(=O)N[C@H](c1ccccc1)C1CC1. The summed E-state index contributed by atoms with van der Waals surface area (Å²) in [7, 11) is 1.45. The average Bonchev–Trinajstić information content (AvgIpc) is 3.52. The Hall–Kier alpha value is -2.74. The Morgan fingerprint density at radius 2 is 1.83 bits per heavy atom. The van der Waals surface area contributed by atoms with E-state index in [1.807, 2.05) is 30.3 Å². The van der Waals surface area contributed by atoms with Gasteiger partial charge in [-0.1, -0.05) is 41.9 Å². The van der Waals surface area contributed by atoms with E-state index in [0.29, 0.717) is 5.92 Å². The summed E-state index contributed by atoms with van der Waals surface area (Å²) in [5.41, 5.74) is -0.0964. The first kappa shape index (κ1) is 22.0. The lowest BCUT2D eigenvalue weighted by Crippen LogP contribution is -2.43. The molecule has 3 amide bonds. The van der Waals surface area contributed by atoms with Gasteiger partial charge in [-0.15, -0.1) is 0 Å². The van der Waals surface area contributed by atoms with Crippen molar-refractivity contribution in [3.8, 4) is 0 Å². The molecule has 9 heteroatoms. The van der Waals surface area contributed by atoms with Gasteiger partial charge in [-0.2, -0.15) is 13.2 Å². The van der Waals surface area contributed by atoms with Crippen LogP contribution in [0.1, 0.15) is 30.0 Å². The van der Waals surface area contributed by atoms with Crippen molar-refractivity contribution < 1.29 is 22.8 Å². The summed E-state index contributed by atoms with van der Waals surface area (Å²) in [5.74, 6) is -0.265. The molecule has 1 atom stereocenters. The average molecular weight is 440 g/mol. The molecule has 1 aliphatic rings. The van der Waals surface area contributed by atoms with Crippen molar-refractivity contribution in [3.05, 3.63) is 64.7 Å². The number of anilines is 1. The summed E-state index contributed by atoms with van der Waals surface area (Å²) < 4.78 is 38.9. The molecule has 0 saturated heterocycles. The Bertz CT molecular complexity index is 917. The van der Waals surface area contributed by atoms with E-state index in [4.69, 9.17) is 11.6 Å². The minimum Gasteiger partial charge on any atom is -0.331 e. The van der Waals surface area contributed by atoms with E-state index in [1.165, 1.54) is 18.0 Å². The Kier molecular flexibility index (Phi) is 6.55. The number of benzene rings is 2. The van der Waals surface area contributed by atoms with Crippen molar-refractivity contribution in [1.29, 1.82) is 0 Å². The molecule has 2 N–H and O–H groups in total. The molecule has 0 radical (unpaired) electrons. The lowest BCUT2D eigenvalue weighted by atomic mass is 10.0. The lowest BCUT2D eigenvalue weighted by Gasteiger charge is -2.23. The van der Waals surface area contributed by atoms with Gasteiger partial charge in [0.1, 0.15) is 6.54 Å². The maximum atomic E-state index is 13.0. The van der Waals surface area contributed by atoms with Gasteiger partial charge in [0, 0.05) is 12.7 Å². The molecule has 0 spiro atoms. The number of halogens is 4. The van der Waals surface area contributed by atoms with Crippen LogP contribution in [0.2, 0.25) is 5.02 Å². The zero-order chi connectivity index (χ0) is 21.9. The molecule has 0 bridgehead atoms. The third-order valence-electron chi connectivity index (χ3n) is 4.81. The van der Waals surface area contributed by atoms with Crippen LogP contribution in [0.4, 0.5) is 23.7 Å². The second-order valence-corrected chi connectivity index (χ2v) is 7.68. The molecule has 0 aliphatic heterocycles. The number of rotatable bonds is 6. The number of nitrogens with zero attached hydrogens (tertiary/aromatic N) is 1. The minimum absolute atomic E-state index is 0.0503. The van der Waals surface area contributed by atoms with Gasteiger partial charge < -0.3 is 15.5 Å². The topological polar surface area (TPSA) is 61.4 Å². The highest BCUT2D eigenvalue weighted by atomic mass is 35.5. The van der Waals surface area contributed by atoms with E-state index in [1.54, 1.807) is 0 Å². The van der Waals surface area contributed by atoms with Crippen LogP contribution in [0.5, 0.6) is 0 Å². The first-order valence-corrected chi connectivity index (χ1v) is 9.76. The molecule has 0 unspecified atom stereocenters. The summed E-state index contributed by atoms with van der Waals surface area (Å²) in [4.78, 5) is 26.0. The fraction of sp³-hybridized carbons (Fsp3) is 0.333. The zero-order valence-corrected chi connectivity index (χ0v) is 16.9. The van der Waals surface area contributed by atoms with E-state index in [9.17, 15) is 22.8 Å². The molecule has 2 aromatic carbocycles. The van der Waals surface area contributed by atoms with Gasteiger partial charge in [0.05, 0.1) is 16.6 Å². The van der Waals surface area contributed by atoms with Crippen molar-refractivity contribution in [3.63, 3.8) is 0 Å². The smallest absolute Gasteiger partial charge is 0.331 e. The van der Waals surface area contributed by atoms with Crippen LogP contribution in [0.15, 0.2) is 48.5 Å².